The van der Waals surface area contributed by atoms with Crippen LogP contribution in [0.4, 0.5) is 4.79 Å². The Hall–Kier alpha value is -7.81. The van der Waals surface area contributed by atoms with Crippen molar-refractivity contribution in [3.8, 4) is 0 Å². The summed E-state index contributed by atoms with van der Waals surface area (Å²) >= 11 is 3.89. The van der Waals surface area contributed by atoms with Gasteiger partial charge in [0.15, 0.2) is 0 Å². The molecule has 0 heterocycles. The molecule has 27 heteroatoms. The average molecular weight is 1070 g/mol. The summed E-state index contributed by atoms with van der Waals surface area (Å²) in [4.78, 5) is 148. The van der Waals surface area contributed by atoms with Crippen LogP contribution in [0.15, 0.2) is 60.7 Å². The van der Waals surface area contributed by atoms with Gasteiger partial charge in [-0.15, -0.1) is 0 Å². The first-order valence-electron chi connectivity index (χ1n) is 24.0. The standard InChI is InChI=1S/C48H67N9O17S/c49-30(41(64)53-31(18-21-39(60)61)43(66)55-36(27-75)47(72)73)26-51-42(65)34(24-28-12-6-4-7-13-28)54-44(67)35(25-29-14-8-5-9-15-29)52-38(59)16-10-2-1-3-11-23-50-37(58)20-17-32(45(68)69)56-48(74)57-33(46(70)71)19-22-40(62)63/h4-9,12-15,30-36,75H,1-3,10-11,16-27,49H2,(H,50,58)(H,51,65)(H,52,59)(H,53,64)(H,54,67)(H,55,66)(H,60,61)(H,62,63)(H,68,69)(H,70,71)(H,72,73)(H2,56,57,74)/t30-,31-,32-,33-,34-,35-,36-/m0/s1. The summed E-state index contributed by atoms with van der Waals surface area (Å²) in [5.74, 6) is -11.6. The van der Waals surface area contributed by atoms with E-state index in [9.17, 15) is 72.9 Å². The third kappa shape index (κ3) is 26.6. The summed E-state index contributed by atoms with van der Waals surface area (Å²) in [6.45, 7) is -0.258. The summed E-state index contributed by atoms with van der Waals surface area (Å²) in [5, 5.41) is 65.2. The Kier molecular flexibility index (Phi) is 29.2. The lowest BCUT2D eigenvalue weighted by Gasteiger charge is -2.25. The molecule has 2 aromatic carbocycles. The minimum atomic E-state index is -1.58. The first-order valence-corrected chi connectivity index (χ1v) is 24.6. The van der Waals surface area contributed by atoms with Crippen molar-refractivity contribution in [1.82, 2.24) is 42.5 Å². The number of amides is 8. The summed E-state index contributed by atoms with van der Waals surface area (Å²) in [5.41, 5.74) is 7.41. The van der Waals surface area contributed by atoms with E-state index in [0.29, 0.717) is 43.2 Å². The van der Waals surface area contributed by atoms with Crippen molar-refractivity contribution in [3.05, 3.63) is 71.8 Å². The number of urea groups is 1. The number of nitrogens with one attached hydrogen (secondary N) is 8. The van der Waals surface area contributed by atoms with Gasteiger partial charge in [0.2, 0.25) is 35.4 Å². The number of hydrogen-bond donors (Lipinski definition) is 15. The molecule has 0 saturated heterocycles. The highest BCUT2D eigenvalue weighted by atomic mass is 32.1. The number of aliphatic carboxylic acids is 5. The number of thiol groups is 1. The van der Waals surface area contributed by atoms with Gasteiger partial charge in [-0.3, -0.25) is 38.4 Å². The van der Waals surface area contributed by atoms with Crippen LogP contribution in [0, 0.1) is 0 Å². The summed E-state index contributed by atoms with van der Waals surface area (Å²) in [6.07, 6.45) is 0.439. The van der Waals surface area contributed by atoms with Crippen LogP contribution in [0.2, 0.25) is 0 Å². The van der Waals surface area contributed by atoms with Crippen LogP contribution in [-0.2, 0) is 65.6 Å². The zero-order valence-electron chi connectivity index (χ0n) is 41.0. The van der Waals surface area contributed by atoms with Crippen LogP contribution in [0.1, 0.15) is 88.2 Å². The Morgan fingerprint density at radius 1 is 0.440 bits per heavy atom. The Labute approximate surface area is 436 Å². The van der Waals surface area contributed by atoms with Crippen molar-refractivity contribution in [2.45, 2.75) is 132 Å². The summed E-state index contributed by atoms with van der Waals surface area (Å²) in [7, 11) is 0. The molecule has 412 valence electrons. The van der Waals surface area contributed by atoms with Gasteiger partial charge >= 0.3 is 35.9 Å². The van der Waals surface area contributed by atoms with Gasteiger partial charge < -0.3 is 73.8 Å². The zero-order valence-corrected chi connectivity index (χ0v) is 41.9. The third-order valence-corrected chi connectivity index (χ3v) is 11.5. The molecule has 75 heavy (non-hydrogen) atoms. The van der Waals surface area contributed by atoms with Gasteiger partial charge in [0, 0.05) is 57.4 Å². The second kappa shape index (κ2) is 34.6. The van der Waals surface area contributed by atoms with Gasteiger partial charge in [0.05, 0.1) is 0 Å². The van der Waals surface area contributed by atoms with Gasteiger partial charge in [-0.2, -0.15) is 12.6 Å². The zero-order chi connectivity index (χ0) is 55.9. The molecule has 0 saturated carbocycles. The van der Waals surface area contributed by atoms with Gasteiger partial charge in [0.1, 0.15) is 42.3 Å². The lowest BCUT2D eigenvalue weighted by atomic mass is 10.0. The van der Waals surface area contributed by atoms with E-state index in [-0.39, 0.29) is 44.4 Å². The second-order valence-corrected chi connectivity index (χ2v) is 17.6. The molecule has 26 nitrogen and oxygen atoms in total. The average Bonchev–Trinajstić information content (AvgIpc) is 3.36. The highest BCUT2D eigenvalue weighted by molar-refractivity contribution is 7.80. The second-order valence-electron chi connectivity index (χ2n) is 17.2. The summed E-state index contributed by atoms with van der Waals surface area (Å²) < 4.78 is 0. The lowest BCUT2D eigenvalue weighted by Crippen LogP contribution is -2.58. The largest absolute Gasteiger partial charge is 0.481 e. The smallest absolute Gasteiger partial charge is 0.327 e. The molecule has 15 N–H and O–H groups in total. The molecule has 0 bridgehead atoms. The number of unbranched alkanes of at least 4 members (excludes halogenated alkanes) is 4. The number of carboxylic acids is 5. The fourth-order valence-corrected chi connectivity index (χ4v) is 7.28. The first kappa shape index (κ1) is 63.3. The van der Waals surface area contributed by atoms with Crippen molar-refractivity contribution in [2.24, 2.45) is 5.73 Å². The van der Waals surface area contributed by atoms with Crippen molar-refractivity contribution in [2.75, 3.05) is 18.8 Å². The molecule has 2 rings (SSSR count). The van der Waals surface area contributed by atoms with Crippen molar-refractivity contribution >= 4 is 83.9 Å². The molecule has 0 aliphatic rings. The molecule has 0 unspecified atom stereocenters. The predicted molar refractivity (Wildman–Crippen MR) is 269 cm³/mol. The van der Waals surface area contributed by atoms with E-state index in [1.165, 1.54) is 0 Å². The van der Waals surface area contributed by atoms with Crippen molar-refractivity contribution < 1.29 is 83.1 Å². The van der Waals surface area contributed by atoms with E-state index in [4.69, 9.17) is 15.9 Å². The number of hydrogen-bond acceptors (Lipinski definition) is 14. The molecule has 7 atom stereocenters. The quantitative estimate of drug-likeness (QED) is 0.0286. The van der Waals surface area contributed by atoms with E-state index in [0.717, 1.165) is 0 Å². The van der Waals surface area contributed by atoms with Gasteiger partial charge in [-0.1, -0.05) is 79.9 Å². The van der Waals surface area contributed by atoms with Crippen LogP contribution in [0.5, 0.6) is 0 Å². The topological polar surface area (TPSA) is 428 Å². The molecule has 0 aliphatic heterocycles. The van der Waals surface area contributed by atoms with Crippen molar-refractivity contribution in [1.29, 1.82) is 0 Å². The molecule has 2 aromatic rings. The summed E-state index contributed by atoms with van der Waals surface area (Å²) in [6, 6.07) is 6.34. The number of benzene rings is 2. The molecular formula is C48H67N9O17S. The SMILES string of the molecule is N[C@@H](CNC(=O)[C@H](Cc1ccccc1)NC(=O)[C@H](Cc1ccccc1)NC(=O)CCCCCCCNC(=O)CC[C@H](NC(=O)N[C@@H](CCC(=O)O)C(=O)O)C(=O)O)C(=O)N[C@@H](CCC(=O)O)C(=O)N[C@@H](CS)C(=O)O. The van der Waals surface area contributed by atoms with E-state index < -0.39 is 146 Å². The van der Waals surface area contributed by atoms with Gasteiger partial charge in [-0.05, 0) is 43.2 Å². The number of carbonyl (C=O) groups is 12. The molecule has 0 fully saturated rings. The Morgan fingerprint density at radius 3 is 1.39 bits per heavy atom. The number of carboxylic acid groups (broad SMARTS) is 5. The minimum absolute atomic E-state index is 0.0244. The highest BCUT2D eigenvalue weighted by Crippen LogP contribution is 2.11. The fourth-order valence-electron chi connectivity index (χ4n) is 7.03. The molecule has 8 amide bonds. The monoisotopic (exact) mass is 1070 g/mol. The predicted octanol–water partition coefficient (Wildman–Crippen LogP) is -0.959. The van der Waals surface area contributed by atoms with Crippen LogP contribution in [-0.4, -0.2) is 158 Å². The van der Waals surface area contributed by atoms with Crippen LogP contribution < -0.4 is 48.3 Å². The third-order valence-electron chi connectivity index (χ3n) is 11.2. The molecule has 0 radical (unpaired) electrons. The number of nitrogens with two attached hydrogens (primary N) is 1. The highest BCUT2D eigenvalue weighted by Gasteiger charge is 2.31. The molecule has 0 aliphatic carbocycles. The van der Waals surface area contributed by atoms with Crippen LogP contribution in [0.3, 0.4) is 0 Å². The fraction of sp³-hybridized carbons (Fsp3) is 0.500. The molecular weight excluding hydrogens is 1010 g/mol. The first-order chi connectivity index (χ1) is 35.6. The van der Waals surface area contributed by atoms with Gasteiger partial charge in [0.25, 0.3) is 0 Å². The normalized spacial score (nSPS) is 13.6. The van der Waals surface area contributed by atoms with Crippen LogP contribution in [0.25, 0.3) is 0 Å². The maximum atomic E-state index is 14.0. The maximum absolute atomic E-state index is 14.0. The molecule has 0 aromatic heterocycles. The minimum Gasteiger partial charge on any atom is -0.481 e. The lowest BCUT2D eigenvalue weighted by molar-refractivity contribution is -0.142. The van der Waals surface area contributed by atoms with E-state index in [1.807, 2.05) is 5.32 Å². The Balaban J connectivity index is 1.96. The van der Waals surface area contributed by atoms with Gasteiger partial charge in [-0.25, -0.2) is 19.2 Å². The van der Waals surface area contributed by atoms with E-state index >= 15 is 0 Å². The van der Waals surface area contributed by atoms with E-state index in [2.05, 4.69) is 49.8 Å². The number of rotatable bonds is 37. The Morgan fingerprint density at radius 2 is 0.880 bits per heavy atom. The van der Waals surface area contributed by atoms with E-state index in [1.54, 1.807) is 60.7 Å². The molecule has 0 spiro atoms. The van der Waals surface area contributed by atoms with Crippen molar-refractivity contribution in [3.63, 3.8) is 0 Å². The maximum Gasteiger partial charge on any atom is 0.327 e. The number of carbonyl (C=O) groups excluding carboxylic acids is 7. The van der Waals surface area contributed by atoms with Crippen LogP contribution >= 0.6 is 12.6 Å². The Bertz CT molecular complexity index is 2260.